The van der Waals surface area contributed by atoms with Crippen molar-refractivity contribution in [2.75, 3.05) is 0 Å². The highest BCUT2D eigenvalue weighted by Gasteiger charge is 2.11. The fourth-order valence-electron chi connectivity index (χ4n) is 1.87. The SMILES string of the molecule is CC(=NNC(=O)c1ccoc1C)c1cc(C)sc1C. The maximum Gasteiger partial charge on any atom is 0.274 e. The van der Waals surface area contributed by atoms with E-state index in [1.54, 1.807) is 24.3 Å². The number of aryl methyl sites for hydroxylation is 3. The third kappa shape index (κ3) is 2.93. The number of thiophene rings is 1. The molecule has 2 rings (SSSR count). The van der Waals surface area contributed by atoms with Crippen molar-refractivity contribution >= 4 is 23.0 Å². The van der Waals surface area contributed by atoms with E-state index < -0.39 is 0 Å². The number of carbonyl (C=O) groups excluding carboxylic acids is 1. The van der Waals surface area contributed by atoms with E-state index in [-0.39, 0.29) is 5.91 Å². The first-order chi connectivity index (χ1) is 8.99. The Hall–Kier alpha value is -1.88. The molecule has 1 amide bonds. The number of hydrazone groups is 1. The van der Waals surface area contributed by atoms with Crippen molar-refractivity contribution in [3.63, 3.8) is 0 Å². The number of hydrogen-bond donors (Lipinski definition) is 1. The molecule has 5 heteroatoms. The molecule has 0 saturated heterocycles. The van der Waals surface area contributed by atoms with Crippen LogP contribution in [-0.4, -0.2) is 11.6 Å². The number of amides is 1. The molecule has 0 aliphatic carbocycles. The zero-order chi connectivity index (χ0) is 14.0. The molecule has 0 aromatic carbocycles. The second-order valence-corrected chi connectivity index (χ2v) is 5.82. The molecule has 0 fully saturated rings. The summed E-state index contributed by atoms with van der Waals surface area (Å²) in [6, 6.07) is 3.71. The lowest BCUT2D eigenvalue weighted by molar-refractivity contribution is 0.0953. The topological polar surface area (TPSA) is 54.6 Å². The summed E-state index contributed by atoms with van der Waals surface area (Å²) in [7, 11) is 0. The molecular weight excluding hydrogens is 260 g/mol. The lowest BCUT2D eigenvalue weighted by Gasteiger charge is -2.01. The molecule has 19 heavy (non-hydrogen) atoms. The van der Waals surface area contributed by atoms with E-state index in [4.69, 9.17) is 4.42 Å². The van der Waals surface area contributed by atoms with Crippen molar-refractivity contribution in [2.24, 2.45) is 5.10 Å². The van der Waals surface area contributed by atoms with Gasteiger partial charge in [-0.25, -0.2) is 5.43 Å². The number of rotatable bonds is 3. The van der Waals surface area contributed by atoms with Crippen LogP contribution in [0, 0.1) is 20.8 Å². The van der Waals surface area contributed by atoms with Gasteiger partial charge in [-0.3, -0.25) is 4.79 Å². The van der Waals surface area contributed by atoms with Gasteiger partial charge in [0.15, 0.2) is 0 Å². The van der Waals surface area contributed by atoms with Gasteiger partial charge in [0.2, 0.25) is 0 Å². The van der Waals surface area contributed by atoms with Gasteiger partial charge in [0.1, 0.15) is 5.76 Å². The van der Waals surface area contributed by atoms with E-state index in [0.717, 1.165) is 11.3 Å². The minimum Gasteiger partial charge on any atom is -0.469 e. The maximum atomic E-state index is 11.9. The van der Waals surface area contributed by atoms with Gasteiger partial charge in [0, 0.05) is 15.3 Å². The molecule has 100 valence electrons. The van der Waals surface area contributed by atoms with Crippen LogP contribution >= 0.6 is 11.3 Å². The second-order valence-electron chi connectivity index (χ2n) is 4.36. The molecule has 4 nitrogen and oxygen atoms in total. The van der Waals surface area contributed by atoms with Crippen LogP contribution in [0.15, 0.2) is 27.9 Å². The number of carbonyl (C=O) groups is 1. The summed E-state index contributed by atoms with van der Waals surface area (Å²) in [5.41, 5.74) is 4.94. The van der Waals surface area contributed by atoms with Crippen molar-refractivity contribution in [2.45, 2.75) is 27.7 Å². The Kier molecular flexibility index (Phi) is 3.85. The van der Waals surface area contributed by atoms with Crippen molar-refractivity contribution in [3.05, 3.63) is 45.0 Å². The molecule has 0 saturated carbocycles. The normalized spacial score (nSPS) is 11.7. The van der Waals surface area contributed by atoms with Gasteiger partial charge in [-0.2, -0.15) is 5.10 Å². The fourth-order valence-corrected chi connectivity index (χ4v) is 2.84. The van der Waals surface area contributed by atoms with Crippen LogP contribution in [0.25, 0.3) is 0 Å². The molecule has 0 atom stereocenters. The van der Waals surface area contributed by atoms with Gasteiger partial charge in [-0.05, 0) is 39.8 Å². The molecule has 0 aliphatic heterocycles. The van der Waals surface area contributed by atoms with Crippen molar-refractivity contribution < 1.29 is 9.21 Å². The summed E-state index contributed by atoms with van der Waals surface area (Å²) in [4.78, 5) is 14.3. The van der Waals surface area contributed by atoms with Crippen LogP contribution in [-0.2, 0) is 0 Å². The largest absolute Gasteiger partial charge is 0.469 e. The zero-order valence-electron chi connectivity index (χ0n) is 11.4. The summed E-state index contributed by atoms with van der Waals surface area (Å²) >= 11 is 1.72. The first-order valence-corrected chi connectivity index (χ1v) is 6.77. The minimum atomic E-state index is -0.254. The van der Waals surface area contributed by atoms with E-state index in [0.29, 0.717) is 11.3 Å². The first-order valence-electron chi connectivity index (χ1n) is 5.95. The first kappa shape index (κ1) is 13.5. The van der Waals surface area contributed by atoms with Gasteiger partial charge in [-0.15, -0.1) is 11.3 Å². The molecule has 0 aliphatic rings. The van der Waals surface area contributed by atoms with Crippen LogP contribution in [0.5, 0.6) is 0 Å². The zero-order valence-corrected chi connectivity index (χ0v) is 12.2. The van der Waals surface area contributed by atoms with Gasteiger partial charge < -0.3 is 4.42 Å². The van der Waals surface area contributed by atoms with Crippen LogP contribution in [0.3, 0.4) is 0 Å². The average Bonchev–Trinajstić information content (AvgIpc) is 2.91. The standard InChI is InChI=1S/C14H16N2O2S/c1-8-7-13(11(4)19-8)9(2)15-16-14(17)12-5-6-18-10(12)3/h5-7H,1-4H3,(H,16,17). The molecule has 2 aromatic rings. The van der Waals surface area contributed by atoms with E-state index in [9.17, 15) is 4.79 Å². The highest BCUT2D eigenvalue weighted by atomic mass is 32.1. The average molecular weight is 276 g/mol. The quantitative estimate of drug-likeness (QED) is 0.690. The molecule has 0 spiro atoms. The van der Waals surface area contributed by atoms with Crippen LogP contribution in [0.2, 0.25) is 0 Å². The highest BCUT2D eigenvalue weighted by Crippen LogP contribution is 2.21. The Morgan fingerprint density at radius 2 is 2.05 bits per heavy atom. The van der Waals surface area contributed by atoms with E-state index in [1.165, 1.54) is 16.0 Å². The molecular formula is C14H16N2O2S. The second kappa shape index (κ2) is 5.40. The number of furan rings is 1. The predicted molar refractivity (Wildman–Crippen MR) is 76.9 cm³/mol. The van der Waals surface area contributed by atoms with Gasteiger partial charge in [0.25, 0.3) is 5.91 Å². The lowest BCUT2D eigenvalue weighted by Crippen LogP contribution is -2.19. The summed E-state index contributed by atoms with van der Waals surface area (Å²) in [5.74, 6) is 0.336. The molecule has 0 bridgehead atoms. The molecule has 2 heterocycles. The van der Waals surface area contributed by atoms with Gasteiger partial charge in [-0.1, -0.05) is 0 Å². The van der Waals surface area contributed by atoms with Crippen LogP contribution in [0.1, 0.15) is 38.4 Å². The smallest absolute Gasteiger partial charge is 0.274 e. The number of nitrogens with one attached hydrogen (secondary N) is 1. The highest BCUT2D eigenvalue weighted by molar-refractivity contribution is 7.12. The van der Waals surface area contributed by atoms with Crippen molar-refractivity contribution in [1.82, 2.24) is 5.43 Å². The van der Waals surface area contributed by atoms with Crippen molar-refractivity contribution in [1.29, 1.82) is 0 Å². The van der Waals surface area contributed by atoms with E-state index in [2.05, 4.69) is 23.5 Å². The Labute approximate surface area is 116 Å². The lowest BCUT2D eigenvalue weighted by atomic mass is 10.2. The predicted octanol–water partition coefficient (Wildman–Crippen LogP) is 3.42. The molecule has 0 radical (unpaired) electrons. The third-order valence-electron chi connectivity index (χ3n) is 2.86. The number of nitrogens with zero attached hydrogens (tertiary/aromatic N) is 1. The van der Waals surface area contributed by atoms with Gasteiger partial charge in [0.05, 0.1) is 17.5 Å². The van der Waals surface area contributed by atoms with E-state index in [1.807, 2.05) is 13.8 Å². The molecule has 1 N–H and O–H groups in total. The maximum absolute atomic E-state index is 11.9. The Morgan fingerprint density at radius 1 is 1.32 bits per heavy atom. The summed E-state index contributed by atoms with van der Waals surface area (Å²) in [5, 5.41) is 4.15. The van der Waals surface area contributed by atoms with Crippen LogP contribution in [0.4, 0.5) is 0 Å². The third-order valence-corrected chi connectivity index (χ3v) is 3.83. The fraction of sp³-hybridized carbons (Fsp3) is 0.286. The monoisotopic (exact) mass is 276 g/mol. The number of hydrogen-bond acceptors (Lipinski definition) is 4. The summed E-state index contributed by atoms with van der Waals surface area (Å²) in [6.07, 6.45) is 1.49. The Bertz CT molecular complexity index is 638. The summed E-state index contributed by atoms with van der Waals surface area (Å²) < 4.78 is 5.09. The molecule has 0 unspecified atom stereocenters. The Morgan fingerprint density at radius 3 is 2.58 bits per heavy atom. The minimum absolute atomic E-state index is 0.254. The summed E-state index contributed by atoms with van der Waals surface area (Å²) in [6.45, 7) is 7.74. The van der Waals surface area contributed by atoms with Gasteiger partial charge >= 0.3 is 0 Å². The molecule has 2 aromatic heterocycles. The Balaban J connectivity index is 2.13. The van der Waals surface area contributed by atoms with Crippen molar-refractivity contribution in [3.8, 4) is 0 Å². The van der Waals surface area contributed by atoms with Crippen LogP contribution < -0.4 is 5.43 Å². The van der Waals surface area contributed by atoms with E-state index >= 15 is 0 Å².